The van der Waals surface area contributed by atoms with Gasteiger partial charge in [0, 0.05) is 37.3 Å². The van der Waals surface area contributed by atoms with E-state index < -0.39 is 4.92 Å². The van der Waals surface area contributed by atoms with E-state index in [0.29, 0.717) is 18.7 Å². The first kappa shape index (κ1) is 13.8. The van der Waals surface area contributed by atoms with Crippen molar-refractivity contribution in [1.29, 1.82) is 0 Å². The van der Waals surface area contributed by atoms with Crippen molar-refractivity contribution >= 4 is 23.2 Å². The van der Waals surface area contributed by atoms with Gasteiger partial charge in [-0.3, -0.25) is 14.9 Å². The summed E-state index contributed by atoms with van der Waals surface area (Å²) in [5.41, 5.74) is 0.0564. The van der Waals surface area contributed by atoms with Gasteiger partial charge >= 0.3 is 0 Å². The topological polar surface area (TPSA) is 75.5 Å². The number of hydrogen-bond acceptors (Lipinski definition) is 4. The van der Waals surface area contributed by atoms with Crippen molar-refractivity contribution in [1.82, 2.24) is 10.2 Å². The zero-order valence-electron chi connectivity index (χ0n) is 10.4. The summed E-state index contributed by atoms with van der Waals surface area (Å²) in [6.45, 7) is 3.90. The van der Waals surface area contributed by atoms with Crippen molar-refractivity contribution in [3.63, 3.8) is 0 Å². The molecule has 19 heavy (non-hydrogen) atoms. The Bertz CT molecular complexity index is 521. The van der Waals surface area contributed by atoms with Crippen molar-refractivity contribution in [2.24, 2.45) is 0 Å². The van der Waals surface area contributed by atoms with Crippen LogP contribution in [0.5, 0.6) is 0 Å². The number of carbonyl (C=O) groups is 1. The van der Waals surface area contributed by atoms with Crippen LogP contribution in [0.15, 0.2) is 18.2 Å². The monoisotopic (exact) mass is 283 g/mol. The van der Waals surface area contributed by atoms with Crippen LogP contribution in [0, 0.1) is 10.1 Å². The highest BCUT2D eigenvalue weighted by atomic mass is 35.5. The molecule has 1 heterocycles. The maximum absolute atomic E-state index is 12.3. The van der Waals surface area contributed by atoms with Crippen LogP contribution >= 0.6 is 11.6 Å². The average molecular weight is 284 g/mol. The van der Waals surface area contributed by atoms with Gasteiger partial charge in [-0.25, -0.2) is 0 Å². The van der Waals surface area contributed by atoms with Gasteiger partial charge in [0.05, 0.1) is 4.92 Å². The number of nitrogens with zero attached hydrogens (tertiary/aromatic N) is 2. The second-order valence-electron chi connectivity index (χ2n) is 4.53. The van der Waals surface area contributed by atoms with Gasteiger partial charge in [-0.1, -0.05) is 11.6 Å². The molecule has 2 rings (SSSR count). The van der Waals surface area contributed by atoms with Crippen LogP contribution in [0.4, 0.5) is 5.69 Å². The molecule has 102 valence electrons. The summed E-state index contributed by atoms with van der Waals surface area (Å²) in [7, 11) is 0. The molecule has 1 amide bonds. The number of halogens is 1. The molecule has 1 aliphatic heterocycles. The summed E-state index contributed by atoms with van der Waals surface area (Å²) in [4.78, 5) is 24.2. The molecule has 1 fully saturated rings. The van der Waals surface area contributed by atoms with Gasteiger partial charge < -0.3 is 10.2 Å². The van der Waals surface area contributed by atoms with E-state index in [1.165, 1.54) is 18.2 Å². The number of nitrogens with one attached hydrogen (secondary N) is 1. The van der Waals surface area contributed by atoms with Crippen LogP contribution < -0.4 is 5.32 Å². The van der Waals surface area contributed by atoms with E-state index in [2.05, 4.69) is 5.32 Å². The molecule has 0 spiro atoms. The summed E-state index contributed by atoms with van der Waals surface area (Å²) < 4.78 is 0. The van der Waals surface area contributed by atoms with Gasteiger partial charge in [0.15, 0.2) is 0 Å². The lowest BCUT2D eigenvalue weighted by molar-refractivity contribution is -0.384. The molecule has 1 aromatic carbocycles. The maximum Gasteiger partial charge on any atom is 0.288 e. The second kappa shape index (κ2) is 5.54. The minimum atomic E-state index is -0.584. The highest BCUT2D eigenvalue weighted by Crippen LogP contribution is 2.25. The summed E-state index contributed by atoms with van der Waals surface area (Å²) in [6, 6.07) is 4.36. The number of piperazine rings is 1. The second-order valence-corrected chi connectivity index (χ2v) is 4.94. The Morgan fingerprint density at radius 1 is 1.58 bits per heavy atom. The molecule has 0 aromatic heterocycles. The minimum absolute atomic E-state index is 0.0372. The third-order valence-corrected chi connectivity index (χ3v) is 3.37. The van der Waals surface area contributed by atoms with E-state index in [1.807, 2.05) is 6.92 Å². The highest BCUT2D eigenvalue weighted by Gasteiger charge is 2.23. The molecule has 0 aliphatic carbocycles. The quantitative estimate of drug-likeness (QED) is 0.662. The predicted octanol–water partition coefficient (Wildman–Crippen LogP) is 1.68. The largest absolute Gasteiger partial charge is 0.336 e. The molecule has 1 N–H and O–H groups in total. The fourth-order valence-electron chi connectivity index (χ4n) is 2.08. The lowest BCUT2D eigenvalue weighted by Gasteiger charge is -2.31. The van der Waals surface area contributed by atoms with E-state index in [9.17, 15) is 14.9 Å². The van der Waals surface area contributed by atoms with Crippen LogP contribution in [0.2, 0.25) is 5.02 Å². The lowest BCUT2D eigenvalue weighted by atomic mass is 10.1. The highest BCUT2D eigenvalue weighted by molar-refractivity contribution is 6.32. The molecule has 1 unspecified atom stereocenters. The average Bonchev–Trinajstić information content (AvgIpc) is 2.38. The zero-order valence-corrected chi connectivity index (χ0v) is 11.2. The SMILES string of the molecule is CC1CN(C(=O)c2ccc(Cl)c([N+](=O)[O-])c2)CCN1. The number of rotatable bonds is 2. The van der Waals surface area contributed by atoms with Gasteiger partial charge in [0.1, 0.15) is 5.02 Å². The standard InChI is InChI=1S/C12H14ClN3O3/c1-8-7-15(5-4-14-8)12(17)9-2-3-10(13)11(6-9)16(18)19/h2-3,6,8,14H,4-5,7H2,1H3. The van der Waals surface area contributed by atoms with Gasteiger partial charge in [-0.05, 0) is 19.1 Å². The van der Waals surface area contributed by atoms with E-state index in [0.717, 1.165) is 6.54 Å². The zero-order chi connectivity index (χ0) is 14.0. The summed E-state index contributed by atoms with van der Waals surface area (Å²) in [5, 5.41) is 14.1. The molecule has 0 saturated carbocycles. The summed E-state index contributed by atoms with van der Waals surface area (Å²) in [5.74, 6) is -0.201. The third kappa shape index (κ3) is 3.02. The lowest BCUT2D eigenvalue weighted by Crippen LogP contribution is -2.51. The normalized spacial score (nSPS) is 19.3. The molecular weight excluding hydrogens is 270 g/mol. The molecule has 0 bridgehead atoms. The molecule has 1 atom stereocenters. The summed E-state index contributed by atoms with van der Waals surface area (Å²) >= 11 is 5.73. The first-order valence-corrected chi connectivity index (χ1v) is 6.33. The maximum atomic E-state index is 12.3. The number of nitro groups is 1. The van der Waals surface area contributed by atoms with E-state index in [1.54, 1.807) is 4.90 Å². The van der Waals surface area contributed by atoms with Crippen LogP contribution in [0.25, 0.3) is 0 Å². The first-order valence-electron chi connectivity index (χ1n) is 5.95. The van der Waals surface area contributed by atoms with Gasteiger partial charge in [0.2, 0.25) is 0 Å². The number of carbonyl (C=O) groups excluding carboxylic acids is 1. The Kier molecular flexibility index (Phi) is 4.01. The Morgan fingerprint density at radius 3 is 2.95 bits per heavy atom. The van der Waals surface area contributed by atoms with Crippen LogP contribution in [0.1, 0.15) is 17.3 Å². The van der Waals surface area contributed by atoms with E-state index in [-0.39, 0.29) is 22.7 Å². The Hall–Kier alpha value is -1.66. The number of nitro benzene ring substituents is 1. The number of hydrogen-bond donors (Lipinski definition) is 1. The molecule has 6 nitrogen and oxygen atoms in total. The van der Waals surface area contributed by atoms with Gasteiger partial charge in [-0.2, -0.15) is 0 Å². The van der Waals surface area contributed by atoms with Crippen LogP contribution in [0.3, 0.4) is 0 Å². The fourth-order valence-corrected chi connectivity index (χ4v) is 2.27. The molecule has 1 aliphatic rings. The number of amides is 1. The molecule has 1 saturated heterocycles. The van der Waals surface area contributed by atoms with Crippen molar-refractivity contribution in [3.05, 3.63) is 38.9 Å². The third-order valence-electron chi connectivity index (χ3n) is 3.05. The Balaban J connectivity index is 2.24. The molecule has 1 aromatic rings. The van der Waals surface area contributed by atoms with E-state index in [4.69, 9.17) is 11.6 Å². The van der Waals surface area contributed by atoms with Crippen molar-refractivity contribution in [2.75, 3.05) is 19.6 Å². The molecule has 0 radical (unpaired) electrons. The van der Waals surface area contributed by atoms with Crippen molar-refractivity contribution in [3.8, 4) is 0 Å². The molecular formula is C12H14ClN3O3. The number of benzene rings is 1. The minimum Gasteiger partial charge on any atom is -0.336 e. The Morgan fingerprint density at radius 2 is 2.32 bits per heavy atom. The summed E-state index contributed by atoms with van der Waals surface area (Å²) in [6.07, 6.45) is 0. The fraction of sp³-hybridized carbons (Fsp3) is 0.417. The van der Waals surface area contributed by atoms with Gasteiger partial charge in [0.25, 0.3) is 11.6 Å². The van der Waals surface area contributed by atoms with Crippen molar-refractivity contribution in [2.45, 2.75) is 13.0 Å². The van der Waals surface area contributed by atoms with Crippen molar-refractivity contribution < 1.29 is 9.72 Å². The smallest absolute Gasteiger partial charge is 0.288 e. The Labute approximate surface area is 115 Å². The molecule has 7 heteroatoms. The van der Waals surface area contributed by atoms with E-state index >= 15 is 0 Å². The van der Waals surface area contributed by atoms with Gasteiger partial charge in [-0.15, -0.1) is 0 Å². The predicted molar refractivity (Wildman–Crippen MR) is 71.5 cm³/mol. The van der Waals surface area contributed by atoms with Crippen LogP contribution in [-0.4, -0.2) is 41.4 Å². The van der Waals surface area contributed by atoms with Crippen LogP contribution in [-0.2, 0) is 0 Å². The first-order chi connectivity index (χ1) is 8.99.